The average molecular weight is 234 g/mol. The molecular weight excluding hydrogens is 224 g/mol. The summed E-state index contributed by atoms with van der Waals surface area (Å²) >= 11 is 0. The van der Waals surface area contributed by atoms with Crippen molar-refractivity contribution < 1.29 is 39.7 Å². The summed E-state index contributed by atoms with van der Waals surface area (Å²) in [7, 11) is 0. The van der Waals surface area contributed by atoms with Gasteiger partial charge in [-0.3, -0.25) is 9.59 Å². The molecule has 1 saturated heterocycles. The summed E-state index contributed by atoms with van der Waals surface area (Å²) in [4.78, 5) is 31.1. The fourth-order valence-corrected chi connectivity index (χ4v) is 2.04. The van der Waals surface area contributed by atoms with Crippen LogP contribution in [0.25, 0.3) is 0 Å². The lowest BCUT2D eigenvalue weighted by atomic mass is 9.77. The zero-order valence-corrected chi connectivity index (χ0v) is 8.07. The third kappa shape index (κ3) is 1.87. The van der Waals surface area contributed by atoms with E-state index in [0.29, 0.717) is 0 Å². The fraction of sp³-hybridized carbons (Fsp3) is 0.750. The first-order valence-corrected chi connectivity index (χ1v) is 4.72. The van der Waals surface area contributed by atoms with Crippen molar-refractivity contribution in [3.05, 3.63) is 0 Å². The lowest BCUT2D eigenvalue weighted by Crippen LogP contribution is -2.53. The van der Waals surface area contributed by atoms with Crippen molar-refractivity contribution in [1.29, 1.82) is 0 Å². The zero-order valence-electron chi connectivity index (χ0n) is 8.07. The molecule has 0 bridgehead atoms. The highest BCUT2D eigenvalue weighted by Gasteiger charge is 2.50. The molecule has 4 atom stereocenters. The van der Waals surface area contributed by atoms with Gasteiger partial charge in [-0.15, -0.1) is 0 Å². The van der Waals surface area contributed by atoms with E-state index in [1.54, 1.807) is 0 Å². The Morgan fingerprint density at radius 2 is 1.25 bits per heavy atom. The second-order valence-electron chi connectivity index (χ2n) is 3.72. The molecule has 16 heavy (non-hydrogen) atoms. The molecule has 8 nitrogen and oxygen atoms in total. The van der Waals surface area contributed by atoms with Crippen LogP contribution in [0, 0.1) is 11.8 Å². The fourth-order valence-electron chi connectivity index (χ4n) is 2.04. The molecule has 2 rings (SSSR count). The number of hydrogen-bond donors (Lipinski definition) is 2. The second kappa shape index (κ2) is 4.34. The molecule has 2 fully saturated rings. The Morgan fingerprint density at radius 3 is 1.56 bits per heavy atom. The van der Waals surface area contributed by atoms with E-state index in [0.717, 1.165) is 0 Å². The summed E-state index contributed by atoms with van der Waals surface area (Å²) in [6, 6.07) is 0. The van der Waals surface area contributed by atoms with E-state index in [2.05, 4.69) is 19.9 Å². The molecular formula is C8H10O8. The monoisotopic (exact) mass is 234 g/mol. The number of carboxylic acids is 2. The Kier molecular flexibility index (Phi) is 3.06. The molecule has 0 amide bonds. The Hall–Kier alpha value is -1.22. The maximum absolute atomic E-state index is 10.9. The summed E-state index contributed by atoms with van der Waals surface area (Å²) in [5.41, 5.74) is 0. The van der Waals surface area contributed by atoms with Gasteiger partial charge in [-0.1, -0.05) is 0 Å². The van der Waals surface area contributed by atoms with Gasteiger partial charge in [0.15, 0.2) is 0 Å². The van der Waals surface area contributed by atoms with Crippen LogP contribution in [0.5, 0.6) is 0 Å². The van der Waals surface area contributed by atoms with Gasteiger partial charge in [0, 0.05) is 0 Å². The summed E-state index contributed by atoms with van der Waals surface area (Å²) in [5, 5.41) is 26.0. The van der Waals surface area contributed by atoms with Crippen LogP contribution >= 0.6 is 0 Å². The number of hydrogen-bond acceptors (Lipinski definition) is 6. The number of rotatable bonds is 2. The third-order valence-electron chi connectivity index (χ3n) is 2.87. The maximum Gasteiger partial charge on any atom is 0.309 e. The van der Waals surface area contributed by atoms with E-state index < -0.39 is 36.0 Å². The van der Waals surface area contributed by atoms with Crippen LogP contribution in [-0.2, 0) is 29.4 Å². The minimum absolute atomic E-state index is 0.195. The second-order valence-corrected chi connectivity index (χ2v) is 3.72. The maximum atomic E-state index is 10.9. The van der Waals surface area contributed by atoms with Crippen LogP contribution in [0.3, 0.4) is 0 Å². The first-order chi connectivity index (χ1) is 7.61. The molecule has 90 valence electrons. The Bertz CT molecular complexity index is 272. The highest BCUT2D eigenvalue weighted by Crippen LogP contribution is 2.36. The van der Waals surface area contributed by atoms with Crippen molar-refractivity contribution in [3.8, 4) is 0 Å². The van der Waals surface area contributed by atoms with Gasteiger partial charge in [0.1, 0.15) is 12.2 Å². The van der Waals surface area contributed by atoms with E-state index in [-0.39, 0.29) is 12.8 Å². The van der Waals surface area contributed by atoms with Gasteiger partial charge in [-0.25, -0.2) is 0 Å². The molecule has 0 aromatic heterocycles. The van der Waals surface area contributed by atoms with Crippen molar-refractivity contribution in [2.75, 3.05) is 0 Å². The van der Waals surface area contributed by atoms with Crippen LogP contribution in [0.1, 0.15) is 12.8 Å². The molecule has 0 aromatic rings. The molecule has 1 saturated carbocycles. The highest BCUT2D eigenvalue weighted by atomic mass is 17.7. The molecule has 0 spiro atoms. The van der Waals surface area contributed by atoms with E-state index in [1.807, 2.05) is 0 Å². The molecule has 1 aliphatic carbocycles. The van der Waals surface area contributed by atoms with E-state index in [9.17, 15) is 9.59 Å². The Morgan fingerprint density at radius 1 is 0.875 bits per heavy atom. The van der Waals surface area contributed by atoms with Crippen LogP contribution in [0.2, 0.25) is 0 Å². The van der Waals surface area contributed by atoms with Crippen LogP contribution in [0.4, 0.5) is 0 Å². The van der Waals surface area contributed by atoms with Gasteiger partial charge < -0.3 is 10.2 Å². The lowest BCUT2D eigenvalue weighted by Gasteiger charge is -2.38. The average Bonchev–Trinajstić information content (AvgIpc) is 2.27. The van der Waals surface area contributed by atoms with Crippen molar-refractivity contribution in [3.63, 3.8) is 0 Å². The summed E-state index contributed by atoms with van der Waals surface area (Å²) < 4.78 is 0. The normalized spacial score (nSPS) is 38.8. The molecule has 2 aliphatic rings. The van der Waals surface area contributed by atoms with Crippen molar-refractivity contribution in [2.24, 2.45) is 11.8 Å². The molecule has 0 aromatic carbocycles. The smallest absolute Gasteiger partial charge is 0.309 e. The number of fused-ring (bicyclic) bond motifs is 1. The summed E-state index contributed by atoms with van der Waals surface area (Å²) in [5.74, 6) is -3.87. The molecule has 0 radical (unpaired) electrons. The molecule has 1 heterocycles. The van der Waals surface area contributed by atoms with E-state index in [1.165, 1.54) is 0 Å². The Balaban J connectivity index is 2.17. The minimum Gasteiger partial charge on any atom is -0.481 e. The van der Waals surface area contributed by atoms with Gasteiger partial charge in [0.05, 0.1) is 11.8 Å². The number of carbonyl (C=O) groups is 2. The molecule has 8 heteroatoms. The highest BCUT2D eigenvalue weighted by molar-refractivity contribution is 5.74. The van der Waals surface area contributed by atoms with Crippen molar-refractivity contribution >= 4 is 11.9 Å². The number of aliphatic carboxylic acids is 2. The molecule has 1 aliphatic heterocycles. The van der Waals surface area contributed by atoms with Gasteiger partial charge in [0.25, 0.3) is 0 Å². The van der Waals surface area contributed by atoms with Crippen molar-refractivity contribution in [1.82, 2.24) is 0 Å². The van der Waals surface area contributed by atoms with Gasteiger partial charge >= 0.3 is 11.9 Å². The first kappa shape index (κ1) is 11.3. The summed E-state index contributed by atoms with van der Waals surface area (Å²) in [6.07, 6.45) is -1.55. The SMILES string of the molecule is O=C(O)C1CCC(C(=O)O)C2OOOOC12. The van der Waals surface area contributed by atoms with Crippen LogP contribution in [0.15, 0.2) is 0 Å². The van der Waals surface area contributed by atoms with Gasteiger partial charge in [0.2, 0.25) is 0 Å². The van der Waals surface area contributed by atoms with Crippen LogP contribution in [-0.4, -0.2) is 34.4 Å². The topological polar surface area (TPSA) is 112 Å². The van der Waals surface area contributed by atoms with Crippen molar-refractivity contribution in [2.45, 2.75) is 25.0 Å². The van der Waals surface area contributed by atoms with Gasteiger partial charge in [-0.2, -0.15) is 9.78 Å². The predicted octanol–water partition coefficient (Wildman–Crippen LogP) is -0.256. The minimum atomic E-state index is -1.08. The quantitative estimate of drug-likeness (QED) is 0.628. The largest absolute Gasteiger partial charge is 0.481 e. The Labute approximate surface area is 89.4 Å². The molecule has 2 N–H and O–H groups in total. The zero-order chi connectivity index (χ0) is 11.7. The predicted molar refractivity (Wildman–Crippen MR) is 43.4 cm³/mol. The van der Waals surface area contributed by atoms with Gasteiger partial charge in [-0.05, 0) is 22.9 Å². The standard InChI is InChI=1S/C8H10O8/c9-7(10)3-1-2-4(8(11)12)6-5(3)13-15-16-14-6/h3-6H,1-2H2,(H,9,10)(H,11,12). The van der Waals surface area contributed by atoms with E-state index >= 15 is 0 Å². The number of carboxylic acid groups (broad SMARTS) is 2. The lowest BCUT2D eigenvalue weighted by molar-refractivity contribution is -0.693. The first-order valence-electron chi connectivity index (χ1n) is 4.72. The van der Waals surface area contributed by atoms with E-state index in [4.69, 9.17) is 10.2 Å². The summed E-state index contributed by atoms with van der Waals surface area (Å²) in [6.45, 7) is 0. The van der Waals surface area contributed by atoms with Crippen LogP contribution < -0.4 is 0 Å². The third-order valence-corrected chi connectivity index (χ3v) is 2.87. The molecule has 4 unspecified atom stereocenters.